The summed E-state index contributed by atoms with van der Waals surface area (Å²) in [4.78, 5) is 37.4. The first-order chi connectivity index (χ1) is 16.4. The molecule has 4 amide bonds. The molecule has 2 aliphatic heterocycles. The van der Waals surface area contributed by atoms with Gasteiger partial charge in [0.05, 0.1) is 5.69 Å². The van der Waals surface area contributed by atoms with Crippen molar-refractivity contribution in [3.63, 3.8) is 0 Å². The number of piperazine rings is 2. The summed E-state index contributed by atoms with van der Waals surface area (Å²) in [7, 11) is 2.07. The molecule has 34 heavy (non-hydrogen) atoms. The lowest BCUT2D eigenvalue weighted by Gasteiger charge is -2.40. The highest BCUT2D eigenvalue weighted by atomic mass is 19.1. The standard InChI is InChI=1S/C24H32FN7O2/c1-18-16-20(6-7-26-18)27-23(33)28-21-5-3-4-19(22(21)25)17-30-10-14-32(15-11-30)24(34)31-12-8-29(2)9-13-31/h3-7,16H,8-15,17H2,1-2H3,(H2,26,27,28,33). The van der Waals surface area contributed by atoms with Crippen molar-refractivity contribution in [1.29, 1.82) is 0 Å². The molecule has 3 heterocycles. The third-order valence-electron chi connectivity index (χ3n) is 6.29. The van der Waals surface area contributed by atoms with Crippen molar-refractivity contribution in [2.75, 3.05) is 70.0 Å². The topological polar surface area (TPSA) is 84.0 Å². The molecule has 2 N–H and O–H groups in total. The van der Waals surface area contributed by atoms with Gasteiger partial charge in [-0.25, -0.2) is 14.0 Å². The smallest absolute Gasteiger partial charge is 0.322 e. The fourth-order valence-electron chi connectivity index (χ4n) is 4.24. The number of anilines is 2. The first-order valence-electron chi connectivity index (χ1n) is 11.6. The monoisotopic (exact) mass is 469 g/mol. The Hall–Kier alpha value is -3.24. The van der Waals surface area contributed by atoms with Crippen molar-refractivity contribution in [2.45, 2.75) is 13.5 Å². The number of benzene rings is 1. The van der Waals surface area contributed by atoms with Crippen LogP contribution in [0.25, 0.3) is 0 Å². The summed E-state index contributed by atoms with van der Waals surface area (Å²) in [6.45, 7) is 8.17. The molecule has 0 bridgehead atoms. The van der Waals surface area contributed by atoms with Gasteiger partial charge in [-0.05, 0) is 32.2 Å². The molecule has 10 heteroatoms. The molecule has 1 aromatic carbocycles. The SMILES string of the molecule is Cc1cc(NC(=O)Nc2cccc(CN3CCN(C(=O)N4CCN(C)CC4)CC3)c2F)ccn1. The largest absolute Gasteiger partial charge is 0.323 e. The summed E-state index contributed by atoms with van der Waals surface area (Å²) >= 11 is 0. The van der Waals surface area contributed by atoms with E-state index in [1.54, 1.807) is 36.5 Å². The number of aryl methyl sites for hydroxylation is 1. The van der Waals surface area contributed by atoms with Crippen LogP contribution in [0.5, 0.6) is 0 Å². The molecule has 0 unspecified atom stereocenters. The third kappa shape index (κ3) is 6.00. The molecule has 4 rings (SSSR count). The second-order valence-corrected chi connectivity index (χ2v) is 8.88. The maximum atomic E-state index is 15.1. The molecule has 2 aromatic rings. The van der Waals surface area contributed by atoms with Crippen LogP contribution in [0.2, 0.25) is 0 Å². The molecule has 0 radical (unpaired) electrons. The Morgan fingerprint density at radius 2 is 1.65 bits per heavy atom. The third-order valence-corrected chi connectivity index (χ3v) is 6.29. The van der Waals surface area contributed by atoms with Crippen molar-refractivity contribution in [3.8, 4) is 0 Å². The molecule has 9 nitrogen and oxygen atoms in total. The van der Waals surface area contributed by atoms with Gasteiger partial charge in [0, 0.05) is 82.0 Å². The Balaban J connectivity index is 1.29. The van der Waals surface area contributed by atoms with Crippen molar-refractivity contribution in [1.82, 2.24) is 24.6 Å². The lowest BCUT2D eigenvalue weighted by atomic mass is 10.1. The quantitative estimate of drug-likeness (QED) is 0.719. The number of hydrogen-bond acceptors (Lipinski definition) is 5. The number of pyridine rings is 1. The van der Waals surface area contributed by atoms with Crippen LogP contribution in [0.4, 0.5) is 25.4 Å². The Morgan fingerprint density at radius 3 is 2.32 bits per heavy atom. The summed E-state index contributed by atoms with van der Waals surface area (Å²) in [5, 5.41) is 5.28. The number of amides is 4. The minimum absolute atomic E-state index is 0.0977. The van der Waals surface area contributed by atoms with Gasteiger partial charge in [0.25, 0.3) is 0 Å². The highest BCUT2D eigenvalue weighted by molar-refractivity contribution is 5.99. The second kappa shape index (κ2) is 10.8. The van der Waals surface area contributed by atoms with E-state index in [1.807, 2.05) is 16.7 Å². The number of carbonyl (C=O) groups is 2. The molecule has 182 valence electrons. The van der Waals surface area contributed by atoms with Crippen LogP contribution in [0.15, 0.2) is 36.5 Å². The maximum Gasteiger partial charge on any atom is 0.323 e. The van der Waals surface area contributed by atoms with E-state index in [9.17, 15) is 9.59 Å². The van der Waals surface area contributed by atoms with Crippen LogP contribution in [0.1, 0.15) is 11.3 Å². The zero-order valence-corrected chi connectivity index (χ0v) is 19.8. The number of rotatable bonds is 4. The van der Waals surface area contributed by atoms with E-state index in [-0.39, 0.29) is 11.7 Å². The zero-order valence-electron chi connectivity index (χ0n) is 19.8. The van der Waals surface area contributed by atoms with Crippen LogP contribution >= 0.6 is 0 Å². The normalized spacial score (nSPS) is 17.5. The first kappa shape index (κ1) is 23.9. The zero-order chi connectivity index (χ0) is 24.1. The van der Waals surface area contributed by atoms with Crippen LogP contribution < -0.4 is 10.6 Å². The van der Waals surface area contributed by atoms with E-state index >= 15 is 4.39 Å². The molecular weight excluding hydrogens is 437 g/mol. The number of nitrogens with zero attached hydrogens (tertiary/aromatic N) is 5. The van der Waals surface area contributed by atoms with Crippen molar-refractivity contribution in [2.24, 2.45) is 0 Å². The second-order valence-electron chi connectivity index (χ2n) is 8.88. The first-order valence-corrected chi connectivity index (χ1v) is 11.6. The highest BCUT2D eigenvalue weighted by Crippen LogP contribution is 2.21. The van der Waals surface area contributed by atoms with Gasteiger partial charge in [-0.2, -0.15) is 0 Å². The number of aromatic nitrogens is 1. The predicted molar refractivity (Wildman–Crippen MR) is 129 cm³/mol. The summed E-state index contributed by atoms with van der Waals surface area (Å²) in [6.07, 6.45) is 1.60. The maximum absolute atomic E-state index is 15.1. The average Bonchev–Trinajstić information content (AvgIpc) is 2.82. The fraction of sp³-hybridized carbons (Fsp3) is 0.458. The lowest BCUT2D eigenvalue weighted by molar-refractivity contribution is 0.0934. The van der Waals surface area contributed by atoms with Crippen LogP contribution in [0, 0.1) is 12.7 Å². The minimum Gasteiger partial charge on any atom is -0.322 e. The van der Waals surface area contributed by atoms with E-state index in [1.165, 1.54) is 0 Å². The van der Waals surface area contributed by atoms with Crippen LogP contribution in [-0.4, -0.2) is 96.1 Å². The van der Waals surface area contributed by atoms with E-state index in [0.29, 0.717) is 44.0 Å². The average molecular weight is 470 g/mol. The summed E-state index contributed by atoms with van der Waals surface area (Å²) in [5.74, 6) is -0.445. The van der Waals surface area contributed by atoms with E-state index in [4.69, 9.17) is 0 Å². The number of hydrogen-bond donors (Lipinski definition) is 2. The van der Waals surface area contributed by atoms with Crippen molar-refractivity contribution < 1.29 is 14.0 Å². The number of nitrogens with one attached hydrogen (secondary N) is 2. The number of halogens is 1. The van der Waals surface area contributed by atoms with Gasteiger partial charge in [0.15, 0.2) is 5.82 Å². The van der Waals surface area contributed by atoms with Crippen LogP contribution in [-0.2, 0) is 6.54 Å². The van der Waals surface area contributed by atoms with Gasteiger partial charge in [0.1, 0.15) is 0 Å². The molecule has 0 aliphatic carbocycles. The molecule has 0 atom stereocenters. The Labute approximate surface area is 199 Å². The van der Waals surface area contributed by atoms with Gasteiger partial charge >= 0.3 is 12.1 Å². The molecule has 0 spiro atoms. The molecule has 2 fully saturated rings. The highest BCUT2D eigenvalue weighted by Gasteiger charge is 2.27. The Bertz CT molecular complexity index is 1020. The van der Waals surface area contributed by atoms with Crippen molar-refractivity contribution in [3.05, 3.63) is 53.6 Å². The van der Waals surface area contributed by atoms with Crippen molar-refractivity contribution >= 4 is 23.4 Å². The van der Waals surface area contributed by atoms with E-state index < -0.39 is 11.8 Å². The molecule has 2 saturated heterocycles. The van der Waals surface area contributed by atoms with Gasteiger partial charge in [0.2, 0.25) is 0 Å². The number of carbonyl (C=O) groups excluding carboxylic acids is 2. The van der Waals surface area contributed by atoms with Gasteiger partial charge in [-0.1, -0.05) is 12.1 Å². The van der Waals surface area contributed by atoms with Gasteiger partial charge in [-0.15, -0.1) is 0 Å². The molecular formula is C24H32FN7O2. The lowest BCUT2D eigenvalue weighted by Crippen LogP contribution is -2.56. The van der Waals surface area contributed by atoms with Crippen LogP contribution in [0.3, 0.4) is 0 Å². The fourth-order valence-corrected chi connectivity index (χ4v) is 4.24. The number of urea groups is 2. The van der Waals surface area contributed by atoms with Gasteiger partial charge < -0.3 is 25.3 Å². The number of likely N-dealkylation sites (N-methyl/N-ethyl adjacent to an activating group) is 1. The Morgan fingerprint density at radius 1 is 0.971 bits per heavy atom. The van der Waals surface area contributed by atoms with E-state index in [2.05, 4.69) is 32.5 Å². The molecule has 0 saturated carbocycles. The predicted octanol–water partition coefficient (Wildman–Crippen LogP) is 2.66. The van der Waals surface area contributed by atoms with Gasteiger partial charge in [-0.3, -0.25) is 9.88 Å². The molecule has 2 aliphatic rings. The molecule has 1 aromatic heterocycles. The minimum atomic E-state index is -0.516. The summed E-state index contributed by atoms with van der Waals surface area (Å²) < 4.78 is 15.1. The summed E-state index contributed by atoms with van der Waals surface area (Å²) in [6, 6.07) is 8.00. The summed E-state index contributed by atoms with van der Waals surface area (Å²) in [5.41, 5.74) is 2.00. The van der Waals surface area contributed by atoms with E-state index in [0.717, 1.165) is 31.9 Å². The Kier molecular flexibility index (Phi) is 7.59.